The minimum atomic E-state index is 0.495. The molecule has 0 radical (unpaired) electrons. The van der Waals surface area contributed by atoms with Gasteiger partial charge in [-0.25, -0.2) is 9.97 Å². The van der Waals surface area contributed by atoms with Gasteiger partial charge in [0.05, 0.1) is 5.69 Å². The third kappa shape index (κ3) is 3.74. The molecule has 0 aliphatic carbocycles. The molecular weight excluding hydrogens is 408 g/mol. The smallest absolute Gasteiger partial charge is 0.138 e. The second kappa shape index (κ2) is 6.91. The lowest BCUT2D eigenvalue weighted by atomic mass is 10.2. The summed E-state index contributed by atoms with van der Waals surface area (Å²) in [6.07, 6.45) is 1.80. The van der Waals surface area contributed by atoms with E-state index in [0.717, 1.165) is 39.3 Å². The third-order valence-electron chi connectivity index (χ3n) is 2.79. The maximum atomic E-state index is 6.17. The van der Waals surface area contributed by atoms with E-state index < -0.39 is 0 Å². The predicted molar refractivity (Wildman–Crippen MR) is 93.2 cm³/mol. The van der Waals surface area contributed by atoms with Crippen molar-refractivity contribution >= 4 is 57.3 Å². The van der Waals surface area contributed by atoms with Crippen molar-refractivity contribution in [2.45, 2.75) is 26.7 Å². The van der Waals surface area contributed by atoms with Gasteiger partial charge in [-0.3, -0.25) is 0 Å². The summed E-state index contributed by atoms with van der Waals surface area (Å²) in [5, 5.41) is 4.51. The van der Waals surface area contributed by atoms with Crippen LogP contribution < -0.4 is 5.32 Å². The van der Waals surface area contributed by atoms with Crippen molar-refractivity contribution in [1.82, 2.24) is 9.97 Å². The molecule has 0 spiro atoms. The van der Waals surface area contributed by atoms with Gasteiger partial charge in [0.2, 0.25) is 0 Å². The quantitative estimate of drug-likeness (QED) is 0.531. The highest BCUT2D eigenvalue weighted by molar-refractivity contribution is 14.1. The summed E-state index contributed by atoms with van der Waals surface area (Å²) >= 11 is 14.4. The number of nitrogens with one attached hydrogen (secondary N) is 1. The van der Waals surface area contributed by atoms with Crippen LogP contribution >= 0.6 is 45.8 Å². The van der Waals surface area contributed by atoms with Crippen LogP contribution in [0.4, 0.5) is 11.5 Å². The summed E-state index contributed by atoms with van der Waals surface area (Å²) in [4.78, 5) is 8.83. The zero-order valence-electron chi connectivity index (χ0n) is 11.2. The first-order valence-electron chi connectivity index (χ1n) is 6.26. The average Bonchev–Trinajstić information content (AvgIpc) is 2.39. The monoisotopic (exact) mass is 421 g/mol. The number of aromatic nitrogens is 2. The molecule has 106 valence electrons. The van der Waals surface area contributed by atoms with E-state index in [1.54, 1.807) is 0 Å². The number of aryl methyl sites for hydroxylation is 1. The number of hydrogen-bond donors (Lipinski definition) is 1. The standard InChI is InChI=1S/C14H14Cl2IN3/c1-3-4-12-19-13(16)8(2)14(20-12)18-11-6-5-9(15)7-10(11)17/h5-7H,3-4H2,1-2H3,(H,18,19,20). The molecule has 2 aromatic rings. The molecular formula is C14H14Cl2IN3. The van der Waals surface area contributed by atoms with Crippen molar-refractivity contribution in [3.05, 3.63) is 43.3 Å². The largest absolute Gasteiger partial charge is 0.339 e. The molecule has 1 N–H and O–H groups in total. The second-order valence-electron chi connectivity index (χ2n) is 4.40. The number of nitrogens with zero attached hydrogens (tertiary/aromatic N) is 2. The summed E-state index contributed by atoms with van der Waals surface area (Å²) in [5.74, 6) is 1.50. The fourth-order valence-electron chi connectivity index (χ4n) is 1.71. The Balaban J connectivity index is 2.37. The second-order valence-corrected chi connectivity index (χ2v) is 6.36. The van der Waals surface area contributed by atoms with Crippen LogP contribution in [-0.2, 0) is 6.42 Å². The highest BCUT2D eigenvalue weighted by atomic mass is 127. The van der Waals surface area contributed by atoms with Crippen molar-refractivity contribution in [3.8, 4) is 0 Å². The number of anilines is 2. The predicted octanol–water partition coefficient (Wildman–Crippen LogP) is 5.39. The van der Waals surface area contributed by atoms with Crippen molar-refractivity contribution < 1.29 is 0 Å². The first-order valence-corrected chi connectivity index (χ1v) is 8.09. The van der Waals surface area contributed by atoms with Gasteiger partial charge in [-0.15, -0.1) is 0 Å². The Morgan fingerprint density at radius 3 is 2.65 bits per heavy atom. The first-order chi connectivity index (χ1) is 9.51. The molecule has 6 heteroatoms. The number of hydrogen-bond acceptors (Lipinski definition) is 3. The zero-order valence-corrected chi connectivity index (χ0v) is 14.8. The van der Waals surface area contributed by atoms with Crippen LogP contribution in [0.3, 0.4) is 0 Å². The minimum Gasteiger partial charge on any atom is -0.339 e. The lowest BCUT2D eigenvalue weighted by molar-refractivity contribution is 0.833. The van der Waals surface area contributed by atoms with Gasteiger partial charge in [-0.2, -0.15) is 0 Å². The lowest BCUT2D eigenvalue weighted by Crippen LogP contribution is -2.04. The highest BCUT2D eigenvalue weighted by Crippen LogP contribution is 2.28. The molecule has 1 aromatic heterocycles. The van der Waals surface area contributed by atoms with Gasteiger partial charge < -0.3 is 5.32 Å². The van der Waals surface area contributed by atoms with E-state index in [2.05, 4.69) is 44.8 Å². The zero-order chi connectivity index (χ0) is 14.7. The normalized spacial score (nSPS) is 10.7. The maximum absolute atomic E-state index is 6.17. The number of benzene rings is 1. The summed E-state index contributed by atoms with van der Waals surface area (Å²) in [6.45, 7) is 4.00. The molecule has 0 amide bonds. The van der Waals surface area contributed by atoms with Gasteiger partial charge in [0.1, 0.15) is 16.8 Å². The Morgan fingerprint density at radius 2 is 2.00 bits per heavy atom. The van der Waals surface area contributed by atoms with E-state index in [1.807, 2.05) is 25.1 Å². The van der Waals surface area contributed by atoms with Gasteiger partial charge in [0.25, 0.3) is 0 Å². The third-order valence-corrected chi connectivity index (χ3v) is 4.29. The number of rotatable bonds is 4. The van der Waals surface area contributed by atoms with Crippen molar-refractivity contribution in [2.75, 3.05) is 5.32 Å². The fraction of sp³-hybridized carbons (Fsp3) is 0.286. The molecule has 0 saturated carbocycles. The first kappa shape index (κ1) is 15.8. The summed E-state index contributed by atoms with van der Waals surface area (Å²) in [7, 11) is 0. The van der Waals surface area contributed by atoms with Crippen molar-refractivity contribution in [3.63, 3.8) is 0 Å². The van der Waals surface area contributed by atoms with E-state index in [4.69, 9.17) is 23.2 Å². The molecule has 0 unspecified atom stereocenters. The van der Waals surface area contributed by atoms with Gasteiger partial charge in [-0.05, 0) is 54.1 Å². The molecule has 0 atom stereocenters. The Morgan fingerprint density at radius 1 is 1.25 bits per heavy atom. The Kier molecular flexibility index (Phi) is 5.46. The van der Waals surface area contributed by atoms with Crippen LogP contribution in [0, 0.1) is 10.5 Å². The van der Waals surface area contributed by atoms with Crippen LogP contribution in [0.5, 0.6) is 0 Å². The molecule has 0 aliphatic heterocycles. The topological polar surface area (TPSA) is 37.8 Å². The van der Waals surface area contributed by atoms with Crippen LogP contribution in [0.25, 0.3) is 0 Å². The SMILES string of the molecule is CCCc1nc(Cl)c(C)c(Nc2ccc(Cl)cc2I)n1. The molecule has 0 fully saturated rings. The van der Waals surface area contributed by atoms with Crippen LogP contribution in [0.2, 0.25) is 10.2 Å². The van der Waals surface area contributed by atoms with Gasteiger partial charge in [-0.1, -0.05) is 30.1 Å². The summed E-state index contributed by atoms with van der Waals surface area (Å²) in [5.41, 5.74) is 1.80. The fourth-order valence-corrected chi connectivity index (χ4v) is 2.90. The molecule has 0 bridgehead atoms. The molecule has 0 aliphatic rings. The van der Waals surface area contributed by atoms with Crippen molar-refractivity contribution in [1.29, 1.82) is 0 Å². The van der Waals surface area contributed by atoms with Gasteiger partial charge in [0, 0.05) is 20.6 Å². The van der Waals surface area contributed by atoms with Crippen LogP contribution in [-0.4, -0.2) is 9.97 Å². The van der Waals surface area contributed by atoms with E-state index in [-0.39, 0.29) is 0 Å². The molecule has 2 rings (SSSR count). The van der Waals surface area contributed by atoms with E-state index in [9.17, 15) is 0 Å². The van der Waals surface area contributed by atoms with Crippen molar-refractivity contribution in [2.24, 2.45) is 0 Å². The number of halogens is 3. The summed E-state index contributed by atoms with van der Waals surface area (Å²) < 4.78 is 1.03. The van der Waals surface area contributed by atoms with Crippen LogP contribution in [0.1, 0.15) is 24.7 Å². The van der Waals surface area contributed by atoms with E-state index in [0.29, 0.717) is 10.2 Å². The van der Waals surface area contributed by atoms with Gasteiger partial charge in [0.15, 0.2) is 0 Å². The maximum Gasteiger partial charge on any atom is 0.138 e. The molecule has 3 nitrogen and oxygen atoms in total. The Bertz CT molecular complexity index is 632. The minimum absolute atomic E-state index is 0.495. The average molecular weight is 422 g/mol. The molecule has 1 heterocycles. The summed E-state index contributed by atoms with van der Waals surface area (Å²) in [6, 6.07) is 5.67. The Hall–Kier alpha value is -0.590. The molecule has 0 saturated heterocycles. The molecule has 20 heavy (non-hydrogen) atoms. The highest BCUT2D eigenvalue weighted by Gasteiger charge is 2.10. The Labute approximate surface area is 142 Å². The molecule has 1 aromatic carbocycles. The lowest BCUT2D eigenvalue weighted by Gasteiger charge is -2.12. The van der Waals surface area contributed by atoms with Crippen LogP contribution in [0.15, 0.2) is 18.2 Å². The van der Waals surface area contributed by atoms with E-state index >= 15 is 0 Å². The van der Waals surface area contributed by atoms with E-state index in [1.165, 1.54) is 0 Å². The van der Waals surface area contributed by atoms with Gasteiger partial charge >= 0.3 is 0 Å².